The Morgan fingerprint density at radius 3 is 2.20 bits per heavy atom. The lowest BCUT2D eigenvalue weighted by atomic mass is 9.78. The van der Waals surface area contributed by atoms with E-state index in [1.165, 1.54) is 5.56 Å². The molecule has 2 aromatic rings. The van der Waals surface area contributed by atoms with Gasteiger partial charge in [0, 0.05) is 12.4 Å². The largest absolute Gasteiger partial charge is 0.265 e. The summed E-state index contributed by atoms with van der Waals surface area (Å²) >= 11 is 0. The number of pyridine rings is 1. The van der Waals surface area contributed by atoms with Gasteiger partial charge < -0.3 is 0 Å². The van der Waals surface area contributed by atoms with Gasteiger partial charge in [0.05, 0.1) is 11.5 Å². The molecule has 0 saturated heterocycles. The molecule has 0 bridgehead atoms. The zero-order valence-corrected chi connectivity index (χ0v) is 12.3. The topological polar surface area (TPSA) is 36.7 Å². The Labute approximate surface area is 121 Å². The van der Waals surface area contributed by atoms with Crippen LogP contribution in [0.5, 0.6) is 0 Å². The van der Waals surface area contributed by atoms with Gasteiger partial charge in [0.15, 0.2) is 0 Å². The highest BCUT2D eigenvalue weighted by molar-refractivity contribution is 5.36. The molecule has 0 N–H and O–H groups in total. The first kappa shape index (κ1) is 14.3. The molecule has 2 heteroatoms. The monoisotopic (exact) mass is 264 g/mol. The number of aromatic nitrogens is 1. The molecular weight excluding hydrogens is 244 g/mol. The highest BCUT2D eigenvalue weighted by atomic mass is 14.6. The Morgan fingerprint density at radius 2 is 1.70 bits per heavy atom. The molecule has 0 fully saturated rings. The summed E-state index contributed by atoms with van der Waals surface area (Å²) in [7, 11) is 0. The van der Waals surface area contributed by atoms with Crippen molar-refractivity contribution < 1.29 is 0 Å². The van der Waals surface area contributed by atoms with E-state index in [0.717, 1.165) is 11.1 Å². The van der Waals surface area contributed by atoms with Gasteiger partial charge in [-0.15, -0.1) is 0 Å². The molecule has 20 heavy (non-hydrogen) atoms. The lowest BCUT2D eigenvalue weighted by Crippen LogP contribution is -2.22. The maximum absolute atomic E-state index is 9.61. The fraction of sp³-hybridized carbons (Fsp3) is 0.333. The maximum atomic E-state index is 9.61. The summed E-state index contributed by atoms with van der Waals surface area (Å²) in [5, 5.41) is 9.61. The van der Waals surface area contributed by atoms with Crippen LogP contribution >= 0.6 is 0 Å². The van der Waals surface area contributed by atoms with E-state index in [2.05, 4.69) is 49.2 Å². The van der Waals surface area contributed by atoms with Crippen LogP contribution < -0.4 is 0 Å². The fourth-order valence-corrected chi connectivity index (χ4v) is 2.35. The molecule has 0 aliphatic carbocycles. The Hall–Kier alpha value is -2.14. The predicted molar refractivity (Wildman–Crippen MR) is 81.4 cm³/mol. The minimum Gasteiger partial charge on any atom is -0.265 e. The first-order chi connectivity index (χ1) is 9.55. The molecule has 2 nitrogen and oxygen atoms in total. The summed E-state index contributed by atoms with van der Waals surface area (Å²) in [4.78, 5) is 4.02. The molecule has 1 aromatic heterocycles. The van der Waals surface area contributed by atoms with E-state index in [4.69, 9.17) is 0 Å². The van der Waals surface area contributed by atoms with Crippen LogP contribution in [0.3, 0.4) is 0 Å². The molecule has 1 aromatic carbocycles. The van der Waals surface area contributed by atoms with Crippen LogP contribution in [0.2, 0.25) is 0 Å². The molecule has 2 rings (SSSR count). The normalized spacial score (nSPS) is 13.8. The van der Waals surface area contributed by atoms with E-state index < -0.39 is 5.41 Å². The van der Waals surface area contributed by atoms with E-state index in [9.17, 15) is 5.26 Å². The summed E-state index contributed by atoms with van der Waals surface area (Å²) in [6.45, 7) is 6.35. The third-order valence-electron chi connectivity index (χ3n) is 3.77. The standard InChI is InChI=1S/C18H20N2/c1-14(2)16-4-6-17(7-5-16)18(3,13-19)12-15-8-10-20-11-9-15/h4-11,14H,12H2,1-3H3. The highest BCUT2D eigenvalue weighted by Gasteiger charge is 2.26. The van der Waals surface area contributed by atoms with Gasteiger partial charge in [0.2, 0.25) is 0 Å². The van der Waals surface area contributed by atoms with Crippen LogP contribution in [0.25, 0.3) is 0 Å². The van der Waals surface area contributed by atoms with E-state index in [0.29, 0.717) is 12.3 Å². The minimum absolute atomic E-state index is 0.503. The second-order valence-electron chi connectivity index (χ2n) is 5.75. The van der Waals surface area contributed by atoms with Gasteiger partial charge in [-0.25, -0.2) is 0 Å². The van der Waals surface area contributed by atoms with Crippen LogP contribution in [0.1, 0.15) is 43.4 Å². The van der Waals surface area contributed by atoms with Crippen molar-refractivity contribution in [3.05, 3.63) is 65.5 Å². The number of hydrogen-bond acceptors (Lipinski definition) is 2. The van der Waals surface area contributed by atoms with Gasteiger partial charge in [0.25, 0.3) is 0 Å². The van der Waals surface area contributed by atoms with Gasteiger partial charge in [-0.3, -0.25) is 4.98 Å². The molecule has 1 atom stereocenters. The lowest BCUT2D eigenvalue weighted by Gasteiger charge is -2.23. The SMILES string of the molecule is CC(C)c1ccc(C(C)(C#N)Cc2ccncc2)cc1. The number of hydrogen-bond donors (Lipinski definition) is 0. The van der Waals surface area contributed by atoms with Gasteiger partial charge in [-0.2, -0.15) is 5.26 Å². The van der Waals surface area contributed by atoms with Crippen molar-refractivity contribution >= 4 is 0 Å². The first-order valence-corrected chi connectivity index (χ1v) is 6.96. The Morgan fingerprint density at radius 1 is 1.10 bits per heavy atom. The van der Waals surface area contributed by atoms with Crippen LogP contribution in [0, 0.1) is 11.3 Å². The molecule has 0 aliphatic heterocycles. The first-order valence-electron chi connectivity index (χ1n) is 6.96. The zero-order chi connectivity index (χ0) is 14.6. The van der Waals surface area contributed by atoms with Crippen molar-refractivity contribution in [2.45, 2.75) is 38.5 Å². The molecule has 0 spiro atoms. The van der Waals surface area contributed by atoms with Crippen molar-refractivity contribution in [2.24, 2.45) is 0 Å². The van der Waals surface area contributed by atoms with Gasteiger partial charge >= 0.3 is 0 Å². The van der Waals surface area contributed by atoms with Crippen molar-refractivity contribution in [1.82, 2.24) is 4.98 Å². The average molecular weight is 264 g/mol. The predicted octanol–water partition coefficient (Wildman–Crippen LogP) is 4.23. The molecule has 102 valence electrons. The Kier molecular flexibility index (Phi) is 4.20. The van der Waals surface area contributed by atoms with Crippen LogP contribution in [0.15, 0.2) is 48.8 Å². The van der Waals surface area contributed by atoms with E-state index in [-0.39, 0.29) is 0 Å². The average Bonchev–Trinajstić information content (AvgIpc) is 2.48. The zero-order valence-electron chi connectivity index (χ0n) is 12.3. The fourth-order valence-electron chi connectivity index (χ4n) is 2.35. The third kappa shape index (κ3) is 3.05. The summed E-state index contributed by atoms with van der Waals surface area (Å²) < 4.78 is 0. The second-order valence-corrected chi connectivity index (χ2v) is 5.75. The molecule has 0 radical (unpaired) electrons. The van der Waals surface area contributed by atoms with Gasteiger partial charge in [0.1, 0.15) is 0 Å². The number of nitrogens with zero attached hydrogens (tertiary/aromatic N) is 2. The van der Waals surface area contributed by atoms with Gasteiger partial charge in [-0.1, -0.05) is 38.1 Å². The van der Waals surface area contributed by atoms with E-state index in [1.807, 2.05) is 19.1 Å². The number of nitriles is 1. The van der Waals surface area contributed by atoms with Crippen LogP contribution in [0.4, 0.5) is 0 Å². The summed E-state index contributed by atoms with van der Waals surface area (Å²) in [6.07, 6.45) is 4.25. The molecule has 0 saturated carbocycles. The molecule has 0 aliphatic rings. The molecular formula is C18H20N2. The highest BCUT2D eigenvalue weighted by Crippen LogP contribution is 2.28. The van der Waals surface area contributed by atoms with Crippen molar-refractivity contribution in [1.29, 1.82) is 5.26 Å². The van der Waals surface area contributed by atoms with E-state index >= 15 is 0 Å². The smallest absolute Gasteiger partial charge is 0.0834 e. The maximum Gasteiger partial charge on any atom is 0.0834 e. The molecule has 0 amide bonds. The third-order valence-corrected chi connectivity index (χ3v) is 3.77. The summed E-state index contributed by atoms with van der Waals surface area (Å²) in [5.74, 6) is 0.512. The van der Waals surface area contributed by atoms with Crippen molar-refractivity contribution in [2.75, 3.05) is 0 Å². The minimum atomic E-state index is -0.503. The lowest BCUT2D eigenvalue weighted by molar-refractivity contribution is 0.605. The van der Waals surface area contributed by atoms with Gasteiger partial charge in [-0.05, 0) is 48.1 Å². The van der Waals surface area contributed by atoms with Crippen LogP contribution in [-0.4, -0.2) is 4.98 Å². The second kappa shape index (κ2) is 5.88. The van der Waals surface area contributed by atoms with Crippen LogP contribution in [-0.2, 0) is 11.8 Å². The van der Waals surface area contributed by atoms with Crippen molar-refractivity contribution in [3.63, 3.8) is 0 Å². The Balaban J connectivity index is 2.29. The Bertz CT molecular complexity index is 594. The molecule has 1 unspecified atom stereocenters. The number of benzene rings is 1. The van der Waals surface area contributed by atoms with E-state index in [1.54, 1.807) is 12.4 Å². The number of rotatable bonds is 4. The van der Waals surface area contributed by atoms with Crippen molar-refractivity contribution in [3.8, 4) is 6.07 Å². The quantitative estimate of drug-likeness (QED) is 0.828. The molecule has 1 heterocycles. The summed E-state index contributed by atoms with van der Waals surface area (Å²) in [6, 6.07) is 14.8. The summed E-state index contributed by atoms with van der Waals surface area (Å²) in [5.41, 5.74) is 3.01.